The third-order valence-corrected chi connectivity index (χ3v) is 6.10. The van der Waals surface area contributed by atoms with E-state index >= 15 is 0 Å². The number of carbonyl (C=O) groups is 3. The maximum absolute atomic E-state index is 12.8. The number of piperidine rings is 1. The standard InChI is InChI=1S/C20H35N5O3.ClH/c1-14(20(28)24(2)13-18(26)23-16-7-8-16)25-10-4-5-15(12-25)11-22-19(27)17-6-3-9-21-17;/h14-17,21H,3-13H2,1-2H3,(H,22,27)(H,23,26);1H. The van der Waals surface area contributed by atoms with E-state index in [1.165, 1.54) is 4.90 Å². The third kappa shape index (κ3) is 7.12. The van der Waals surface area contributed by atoms with Gasteiger partial charge in [-0.05, 0) is 64.5 Å². The third-order valence-electron chi connectivity index (χ3n) is 6.10. The van der Waals surface area contributed by atoms with E-state index in [4.69, 9.17) is 0 Å². The summed E-state index contributed by atoms with van der Waals surface area (Å²) in [7, 11) is 1.70. The van der Waals surface area contributed by atoms with E-state index in [0.717, 1.165) is 58.2 Å². The van der Waals surface area contributed by atoms with Gasteiger partial charge in [0.05, 0.1) is 18.6 Å². The fourth-order valence-corrected chi connectivity index (χ4v) is 4.16. The summed E-state index contributed by atoms with van der Waals surface area (Å²) in [5.74, 6) is 0.356. The van der Waals surface area contributed by atoms with Crippen LogP contribution >= 0.6 is 12.4 Å². The zero-order chi connectivity index (χ0) is 20.1. The number of hydrogen-bond acceptors (Lipinski definition) is 5. The van der Waals surface area contributed by atoms with E-state index in [-0.39, 0.29) is 48.8 Å². The summed E-state index contributed by atoms with van der Waals surface area (Å²) in [6.45, 7) is 5.29. The Morgan fingerprint density at radius 1 is 1.17 bits per heavy atom. The average molecular weight is 430 g/mol. The first-order chi connectivity index (χ1) is 13.4. The Bertz CT molecular complexity index is 580. The highest BCUT2D eigenvalue weighted by molar-refractivity contribution is 5.87. The van der Waals surface area contributed by atoms with Crippen LogP contribution < -0.4 is 16.0 Å². The molecule has 0 bridgehead atoms. The van der Waals surface area contributed by atoms with Gasteiger partial charge in [0.25, 0.3) is 0 Å². The molecule has 0 spiro atoms. The van der Waals surface area contributed by atoms with Crippen molar-refractivity contribution in [2.24, 2.45) is 5.92 Å². The van der Waals surface area contributed by atoms with E-state index in [1.54, 1.807) is 7.05 Å². The smallest absolute Gasteiger partial charge is 0.239 e. The lowest BCUT2D eigenvalue weighted by atomic mass is 9.96. The Morgan fingerprint density at radius 2 is 1.93 bits per heavy atom. The van der Waals surface area contributed by atoms with Gasteiger partial charge in [0.2, 0.25) is 17.7 Å². The van der Waals surface area contributed by atoms with Gasteiger partial charge in [-0.15, -0.1) is 12.4 Å². The van der Waals surface area contributed by atoms with Gasteiger partial charge in [0, 0.05) is 26.2 Å². The SMILES string of the molecule is CC(C(=O)N(C)CC(=O)NC1CC1)N1CCCC(CNC(=O)C2CCCN2)C1.Cl. The number of likely N-dealkylation sites (tertiary alicyclic amines) is 1. The molecule has 29 heavy (non-hydrogen) atoms. The summed E-state index contributed by atoms with van der Waals surface area (Å²) in [5.41, 5.74) is 0. The van der Waals surface area contributed by atoms with Crippen molar-refractivity contribution < 1.29 is 14.4 Å². The molecule has 3 rings (SSSR count). The highest BCUT2D eigenvalue weighted by Gasteiger charge is 2.31. The Labute approximate surface area is 179 Å². The molecule has 3 unspecified atom stereocenters. The highest BCUT2D eigenvalue weighted by Crippen LogP contribution is 2.20. The van der Waals surface area contributed by atoms with Gasteiger partial charge in [-0.3, -0.25) is 19.3 Å². The lowest BCUT2D eigenvalue weighted by Crippen LogP contribution is -2.52. The van der Waals surface area contributed by atoms with Crippen molar-refractivity contribution >= 4 is 30.1 Å². The Morgan fingerprint density at radius 3 is 2.59 bits per heavy atom. The molecule has 2 saturated heterocycles. The van der Waals surface area contributed by atoms with Crippen molar-refractivity contribution in [2.45, 2.75) is 63.6 Å². The lowest BCUT2D eigenvalue weighted by Gasteiger charge is -2.37. The van der Waals surface area contributed by atoms with Crippen molar-refractivity contribution in [1.29, 1.82) is 0 Å². The molecule has 1 aliphatic carbocycles. The van der Waals surface area contributed by atoms with E-state index in [9.17, 15) is 14.4 Å². The van der Waals surface area contributed by atoms with Gasteiger partial charge >= 0.3 is 0 Å². The molecule has 2 heterocycles. The Kier molecular flexibility index (Phi) is 9.17. The zero-order valence-electron chi connectivity index (χ0n) is 17.6. The molecule has 166 valence electrons. The fourth-order valence-electron chi connectivity index (χ4n) is 4.16. The molecule has 3 fully saturated rings. The molecule has 3 amide bonds. The predicted molar refractivity (Wildman–Crippen MR) is 114 cm³/mol. The topological polar surface area (TPSA) is 93.8 Å². The van der Waals surface area contributed by atoms with Crippen LogP contribution in [0.15, 0.2) is 0 Å². The first kappa shape index (κ1) is 23.9. The number of amides is 3. The van der Waals surface area contributed by atoms with Crippen LogP contribution in [0.1, 0.15) is 45.4 Å². The van der Waals surface area contributed by atoms with E-state index < -0.39 is 0 Å². The summed E-state index contributed by atoms with van der Waals surface area (Å²) in [5, 5.41) is 9.23. The summed E-state index contributed by atoms with van der Waals surface area (Å²) >= 11 is 0. The minimum Gasteiger partial charge on any atom is -0.354 e. The summed E-state index contributed by atoms with van der Waals surface area (Å²) in [6, 6.07) is 0.00952. The van der Waals surface area contributed by atoms with E-state index in [0.29, 0.717) is 18.5 Å². The minimum atomic E-state index is -0.256. The number of nitrogens with zero attached hydrogens (tertiary/aromatic N) is 2. The quantitative estimate of drug-likeness (QED) is 0.509. The zero-order valence-corrected chi connectivity index (χ0v) is 18.4. The number of halogens is 1. The molecule has 3 atom stereocenters. The molecular formula is C20H36ClN5O3. The van der Waals surface area contributed by atoms with Gasteiger partial charge in [-0.1, -0.05) is 0 Å². The predicted octanol–water partition coefficient (Wildman–Crippen LogP) is 0.114. The Balaban J connectivity index is 0.00000300. The number of likely N-dealkylation sites (N-methyl/N-ethyl adjacent to an activating group) is 1. The van der Waals surface area contributed by atoms with Crippen LogP contribution in [-0.2, 0) is 14.4 Å². The van der Waals surface area contributed by atoms with Gasteiger partial charge < -0.3 is 20.9 Å². The van der Waals surface area contributed by atoms with Crippen LogP contribution in [0.3, 0.4) is 0 Å². The Hall–Kier alpha value is -1.38. The fraction of sp³-hybridized carbons (Fsp3) is 0.850. The minimum absolute atomic E-state index is 0. The molecule has 2 aliphatic heterocycles. The molecule has 0 aromatic carbocycles. The highest BCUT2D eigenvalue weighted by atomic mass is 35.5. The molecule has 8 nitrogen and oxygen atoms in total. The van der Waals surface area contributed by atoms with Gasteiger partial charge in [0.1, 0.15) is 0 Å². The normalized spacial score (nSPS) is 25.6. The second-order valence-electron chi connectivity index (χ2n) is 8.61. The van der Waals surface area contributed by atoms with Crippen LogP contribution in [0.4, 0.5) is 0 Å². The van der Waals surface area contributed by atoms with Crippen LogP contribution in [-0.4, -0.2) is 85.4 Å². The summed E-state index contributed by atoms with van der Waals surface area (Å²) in [4.78, 5) is 40.6. The average Bonchev–Trinajstić information content (AvgIpc) is 3.32. The van der Waals surface area contributed by atoms with Crippen LogP contribution in [0.5, 0.6) is 0 Å². The first-order valence-electron chi connectivity index (χ1n) is 10.7. The molecule has 0 radical (unpaired) electrons. The molecule has 3 aliphatic rings. The number of hydrogen-bond donors (Lipinski definition) is 3. The molecule has 1 saturated carbocycles. The largest absolute Gasteiger partial charge is 0.354 e. The maximum atomic E-state index is 12.8. The first-order valence-corrected chi connectivity index (χ1v) is 10.7. The molecule has 9 heteroatoms. The summed E-state index contributed by atoms with van der Waals surface area (Å²) in [6.07, 6.45) is 6.14. The van der Waals surface area contributed by atoms with Crippen molar-refractivity contribution in [3.8, 4) is 0 Å². The molecule has 0 aromatic rings. The summed E-state index contributed by atoms with van der Waals surface area (Å²) < 4.78 is 0. The van der Waals surface area contributed by atoms with Gasteiger partial charge in [-0.25, -0.2) is 0 Å². The van der Waals surface area contributed by atoms with E-state index in [1.807, 2.05) is 6.92 Å². The molecular weight excluding hydrogens is 394 g/mol. The van der Waals surface area contributed by atoms with Crippen LogP contribution in [0.25, 0.3) is 0 Å². The van der Waals surface area contributed by atoms with Crippen molar-refractivity contribution in [1.82, 2.24) is 25.8 Å². The molecule has 0 aromatic heterocycles. The maximum Gasteiger partial charge on any atom is 0.239 e. The second kappa shape index (κ2) is 11.1. The van der Waals surface area contributed by atoms with Crippen molar-refractivity contribution in [2.75, 3.05) is 39.8 Å². The van der Waals surface area contributed by atoms with Crippen LogP contribution in [0.2, 0.25) is 0 Å². The van der Waals surface area contributed by atoms with Gasteiger partial charge in [-0.2, -0.15) is 0 Å². The number of carbonyl (C=O) groups excluding carboxylic acids is 3. The van der Waals surface area contributed by atoms with Gasteiger partial charge in [0.15, 0.2) is 0 Å². The lowest BCUT2D eigenvalue weighted by molar-refractivity contribution is -0.139. The van der Waals surface area contributed by atoms with E-state index in [2.05, 4.69) is 20.9 Å². The monoisotopic (exact) mass is 429 g/mol. The van der Waals surface area contributed by atoms with Crippen molar-refractivity contribution in [3.63, 3.8) is 0 Å². The van der Waals surface area contributed by atoms with Crippen LogP contribution in [0, 0.1) is 5.92 Å². The second-order valence-corrected chi connectivity index (χ2v) is 8.61. The number of rotatable bonds is 8. The van der Waals surface area contributed by atoms with Crippen molar-refractivity contribution in [3.05, 3.63) is 0 Å². The number of nitrogens with one attached hydrogen (secondary N) is 3. The molecule has 3 N–H and O–H groups in total.